The van der Waals surface area contributed by atoms with E-state index in [1.165, 1.54) is 12.1 Å². The molecule has 0 spiro atoms. The van der Waals surface area contributed by atoms with Crippen molar-refractivity contribution in [1.29, 1.82) is 0 Å². The summed E-state index contributed by atoms with van der Waals surface area (Å²) in [7, 11) is 0. The van der Waals surface area contributed by atoms with Gasteiger partial charge in [0.05, 0.1) is 11.7 Å². The molecular formula is C14H18FN3. The Morgan fingerprint density at radius 1 is 1.28 bits per heavy atom. The molecule has 0 unspecified atom stereocenters. The first-order valence-electron chi connectivity index (χ1n) is 6.26. The van der Waals surface area contributed by atoms with Gasteiger partial charge < -0.3 is 5.73 Å². The number of hydrogen-bond acceptors (Lipinski definition) is 2. The summed E-state index contributed by atoms with van der Waals surface area (Å²) in [6.07, 6.45) is 1.95. The maximum Gasteiger partial charge on any atom is 0.123 e. The fourth-order valence-corrected chi connectivity index (χ4v) is 2.12. The molecule has 2 rings (SSSR count). The van der Waals surface area contributed by atoms with Gasteiger partial charge in [-0.05, 0) is 25.0 Å². The number of nitrogens with two attached hydrogens (primary N) is 1. The van der Waals surface area contributed by atoms with Gasteiger partial charge in [-0.25, -0.2) is 9.07 Å². The lowest BCUT2D eigenvalue weighted by molar-refractivity contribution is 0.435. The highest BCUT2D eigenvalue weighted by Crippen LogP contribution is 2.25. The van der Waals surface area contributed by atoms with E-state index in [1.54, 1.807) is 12.1 Å². The Morgan fingerprint density at radius 3 is 2.61 bits per heavy atom. The molecule has 4 heteroatoms. The minimum Gasteiger partial charge on any atom is -0.384 e. The van der Waals surface area contributed by atoms with Gasteiger partial charge in [-0.1, -0.05) is 26.0 Å². The van der Waals surface area contributed by atoms with Gasteiger partial charge in [0.25, 0.3) is 0 Å². The van der Waals surface area contributed by atoms with Crippen molar-refractivity contribution in [2.75, 3.05) is 5.73 Å². The fourth-order valence-electron chi connectivity index (χ4n) is 2.12. The molecule has 0 bridgehead atoms. The maximum absolute atomic E-state index is 13.2. The summed E-state index contributed by atoms with van der Waals surface area (Å²) in [6.45, 7) is 4.22. The van der Waals surface area contributed by atoms with Crippen molar-refractivity contribution < 1.29 is 4.39 Å². The Kier molecular flexibility index (Phi) is 3.65. The number of aromatic nitrogens is 2. The maximum atomic E-state index is 13.2. The highest BCUT2D eigenvalue weighted by Gasteiger charge is 2.13. The molecule has 18 heavy (non-hydrogen) atoms. The summed E-state index contributed by atoms with van der Waals surface area (Å²) in [6, 6.07) is 8.50. The molecule has 1 heterocycles. The quantitative estimate of drug-likeness (QED) is 0.896. The minimum atomic E-state index is -0.261. The van der Waals surface area contributed by atoms with Crippen LogP contribution in [0.2, 0.25) is 0 Å². The van der Waals surface area contributed by atoms with E-state index in [-0.39, 0.29) is 5.82 Å². The van der Waals surface area contributed by atoms with Crippen LogP contribution in [-0.2, 0) is 0 Å². The predicted molar refractivity (Wildman–Crippen MR) is 71.7 cm³/mol. The van der Waals surface area contributed by atoms with Crippen LogP contribution >= 0.6 is 0 Å². The number of nitrogen functional groups attached to an aromatic ring is 1. The number of hydrogen-bond donors (Lipinski definition) is 1. The summed E-state index contributed by atoms with van der Waals surface area (Å²) in [5.41, 5.74) is 7.45. The van der Waals surface area contributed by atoms with Crippen molar-refractivity contribution in [2.45, 2.75) is 32.7 Å². The third kappa shape index (κ3) is 2.37. The molecule has 0 aliphatic carbocycles. The molecule has 0 radical (unpaired) electrons. The van der Waals surface area contributed by atoms with Crippen LogP contribution in [0, 0.1) is 5.82 Å². The smallest absolute Gasteiger partial charge is 0.123 e. The van der Waals surface area contributed by atoms with E-state index < -0.39 is 0 Å². The van der Waals surface area contributed by atoms with Gasteiger partial charge in [0.15, 0.2) is 0 Å². The van der Waals surface area contributed by atoms with E-state index in [4.69, 9.17) is 5.73 Å². The molecule has 0 atom stereocenters. The monoisotopic (exact) mass is 247 g/mol. The summed E-state index contributed by atoms with van der Waals surface area (Å²) in [5.74, 6) is 0.367. The third-order valence-corrected chi connectivity index (χ3v) is 3.17. The molecule has 3 nitrogen and oxygen atoms in total. The van der Waals surface area contributed by atoms with Crippen molar-refractivity contribution in [3.05, 3.63) is 36.1 Å². The second-order valence-corrected chi connectivity index (χ2v) is 4.38. The number of rotatable bonds is 4. The summed E-state index contributed by atoms with van der Waals surface area (Å²) in [5, 5.41) is 4.49. The van der Waals surface area contributed by atoms with Gasteiger partial charge in [-0.15, -0.1) is 0 Å². The summed E-state index contributed by atoms with van der Waals surface area (Å²) < 4.78 is 15.0. The van der Waals surface area contributed by atoms with Crippen molar-refractivity contribution in [1.82, 2.24) is 9.78 Å². The third-order valence-electron chi connectivity index (χ3n) is 3.17. The molecular weight excluding hydrogens is 229 g/mol. The Morgan fingerprint density at radius 2 is 2.00 bits per heavy atom. The Balaban J connectivity index is 2.39. The van der Waals surface area contributed by atoms with Gasteiger partial charge in [0.2, 0.25) is 0 Å². The Labute approximate surface area is 106 Å². The molecule has 0 aliphatic rings. The van der Waals surface area contributed by atoms with Crippen LogP contribution in [0.25, 0.3) is 11.3 Å². The highest BCUT2D eigenvalue weighted by molar-refractivity contribution is 5.62. The summed E-state index contributed by atoms with van der Waals surface area (Å²) >= 11 is 0. The van der Waals surface area contributed by atoms with Crippen LogP contribution in [0.3, 0.4) is 0 Å². The van der Waals surface area contributed by atoms with Crippen LogP contribution in [0.1, 0.15) is 32.7 Å². The zero-order chi connectivity index (χ0) is 13.1. The van der Waals surface area contributed by atoms with Crippen LogP contribution in [0.4, 0.5) is 10.2 Å². The van der Waals surface area contributed by atoms with Crippen molar-refractivity contribution in [2.24, 2.45) is 0 Å². The largest absolute Gasteiger partial charge is 0.384 e. The lowest BCUT2D eigenvalue weighted by Crippen LogP contribution is -2.11. The van der Waals surface area contributed by atoms with Crippen LogP contribution < -0.4 is 5.73 Å². The zero-order valence-electron chi connectivity index (χ0n) is 10.7. The van der Waals surface area contributed by atoms with E-state index in [1.807, 2.05) is 10.7 Å². The summed E-state index contributed by atoms with van der Waals surface area (Å²) in [4.78, 5) is 0. The molecule has 0 fully saturated rings. The number of nitrogens with zero attached hydrogens (tertiary/aromatic N) is 2. The van der Waals surface area contributed by atoms with Crippen LogP contribution in [-0.4, -0.2) is 9.78 Å². The molecule has 2 aromatic rings. The predicted octanol–water partition coefficient (Wildman–Crippen LogP) is 3.63. The highest BCUT2D eigenvalue weighted by atomic mass is 19.1. The van der Waals surface area contributed by atoms with Gasteiger partial charge in [-0.2, -0.15) is 5.10 Å². The SMILES string of the molecule is CCC(CC)n1nc(-c2cccc(F)c2)cc1N. The van der Waals surface area contributed by atoms with Crippen molar-refractivity contribution >= 4 is 5.82 Å². The lowest BCUT2D eigenvalue weighted by Gasteiger charge is -2.14. The fraction of sp³-hybridized carbons (Fsp3) is 0.357. The molecule has 0 aliphatic heterocycles. The van der Waals surface area contributed by atoms with E-state index in [0.29, 0.717) is 11.9 Å². The average Bonchev–Trinajstić information content (AvgIpc) is 2.74. The first kappa shape index (κ1) is 12.6. The van der Waals surface area contributed by atoms with E-state index in [9.17, 15) is 4.39 Å². The number of benzene rings is 1. The molecule has 0 amide bonds. The standard InChI is InChI=1S/C14H18FN3/c1-3-12(4-2)18-14(16)9-13(17-18)10-6-5-7-11(15)8-10/h5-9,12H,3-4,16H2,1-2H3. The van der Waals surface area contributed by atoms with Gasteiger partial charge in [-0.3, -0.25) is 0 Å². The molecule has 0 saturated heterocycles. The minimum absolute atomic E-state index is 0.261. The molecule has 2 N–H and O–H groups in total. The van der Waals surface area contributed by atoms with Crippen molar-refractivity contribution in [3.63, 3.8) is 0 Å². The Hall–Kier alpha value is -1.84. The molecule has 96 valence electrons. The topological polar surface area (TPSA) is 43.8 Å². The lowest BCUT2D eigenvalue weighted by atomic mass is 10.1. The molecule has 1 aromatic carbocycles. The van der Waals surface area contributed by atoms with E-state index in [0.717, 1.165) is 24.1 Å². The first-order valence-corrected chi connectivity index (χ1v) is 6.26. The Bertz CT molecular complexity index is 530. The second kappa shape index (κ2) is 5.21. The molecule has 0 saturated carbocycles. The first-order chi connectivity index (χ1) is 8.65. The normalized spacial score (nSPS) is 11.1. The molecule has 1 aromatic heterocycles. The van der Waals surface area contributed by atoms with E-state index in [2.05, 4.69) is 18.9 Å². The zero-order valence-corrected chi connectivity index (χ0v) is 10.7. The van der Waals surface area contributed by atoms with Crippen molar-refractivity contribution in [3.8, 4) is 11.3 Å². The second-order valence-electron chi connectivity index (χ2n) is 4.38. The number of halogens is 1. The van der Waals surface area contributed by atoms with Gasteiger partial charge >= 0.3 is 0 Å². The number of anilines is 1. The van der Waals surface area contributed by atoms with Gasteiger partial charge in [0, 0.05) is 11.6 Å². The van der Waals surface area contributed by atoms with Crippen LogP contribution in [0.5, 0.6) is 0 Å². The van der Waals surface area contributed by atoms with E-state index >= 15 is 0 Å². The van der Waals surface area contributed by atoms with Gasteiger partial charge in [0.1, 0.15) is 11.6 Å². The van der Waals surface area contributed by atoms with Crippen LogP contribution in [0.15, 0.2) is 30.3 Å². The average molecular weight is 247 g/mol.